The Balaban J connectivity index is 2.06. The summed E-state index contributed by atoms with van der Waals surface area (Å²) in [7, 11) is 1.97. The Labute approximate surface area is 135 Å². The van der Waals surface area contributed by atoms with Crippen molar-refractivity contribution >= 4 is 21.8 Å². The van der Waals surface area contributed by atoms with Gasteiger partial charge in [-0.15, -0.1) is 0 Å². The second-order valence-corrected chi connectivity index (χ2v) is 6.74. The van der Waals surface area contributed by atoms with E-state index in [2.05, 4.69) is 45.2 Å². The molecule has 2 atom stereocenters. The van der Waals surface area contributed by atoms with Crippen LogP contribution in [0.5, 0.6) is 0 Å². The van der Waals surface area contributed by atoms with Gasteiger partial charge in [-0.1, -0.05) is 35.0 Å². The van der Waals surface area contributed by atoms with E-state index < -0.39 is 0 Å². The quantitative estimate of drug-likeness (QED) is 0.791. The first-order valence-corrected chi connectivity index (χ1v) is 8.31. The summed E-state index contributed by atoms with van der Waals surface area (Å²) in [5, 5.41) is 3.03. The molecule has 2 rings (SSSR count). The molecule has 1 fully saturated rings. The summed E-state index contributed by atoms with van der Waals surface area (Å²) in [5.41, 5.74) is 7.44. The molecular formula is C16H24BrN3O. The maximum atomic E-state index is 12.0. The summed E-state index contributed by atoms with van der Waals surface area (Å²) in [6.07, 6.45) is 3.09. The van der Waals surface area contributed by atoms with E-state index in [9.17, 15) is 4.79 Å². The molecular weight excluding hydrogens is 330 g/mol. The summed E-state index contributed by atoms with van der Waals surface area (Å²) < 4.78 is 1.05. The first-order valence-electron chi connectivity index (χ1n) is 7.52. The fraction of sp³-hybridized carbons (Fsp3) is 0.562. The van der Waals surface area contributed by atoms with Crippen molar-refractivity contribution in [3.05, 3.63) is 34.3 Å². The molecule has 1 saturated carbocycles. The Morgan fingerprint density at radius 2 is 2.05 bits per heavy atom. The first-order chi connectivity index (χ1) is 10.0. The molecule has 1 aliphatic carbocycles. The highest BCUT2D eigenvalue weighted by Gasteiger charge is 2.27. The lowest BCUT2D eigenvalue weighted by atomic mass is 9.96. The summed E-state index contributed by atoms with van der Waals surface area (Å²) in [6, 6.07) is 8.62. The van der Waals surface area contributed by atoms with Crippen molar-refractivity contribution in [1.29, 1.82) is 0 Å². The minimum Gasteiger partial charge on any atom is -0.352 e. The summed E-state index contributed by atoms with van der Waals surface area (Å²) in [6.45, 7) is 2.46. The number of nitrogens with zero attached hydrogens (tertiary/aromatic N) is 1. The second-order valence-electron chi connectivity index (χ2n) is 5.83. The molecule has 0 radical (unpaired) electrons. The number of likely N-dealkylation sites (N-methyl/N-ethyl adjacent to an activating group) is 1. The Morgan fingerprint density at radius 1 is 1.43 bits per heavy atom. The highest BCUT2D eigenvalue weighted by atomic mass is 79.9. The Morgan fingerprint density at radius 3 is 2.57 bits per heavy atom. The van der Waals surface area contributed by atoms with Crippen LogP contribution in [0, 0.1) is 0 Å². The molecule has 1 aromatic carbocycles. The number of rotatable bonds is 7. The molecule has 5 heteroatoms. The number of halogens is 1. The van der Waals surface area contributed by atoms with Crippen LogP contribution in [-0.4, -0.2) is 36.5 Å². The van der Waals surface area contributed by atoms with Crippen molar-refractivity contribution in [3.63, 3.8) is 0 Å². The Bertz CT molecular complexity index is 473. The van der Waals surface area contributed by atoms with Gasteiger partial charge in [0, 0.05) is 16.6 Å². The maximum Gasteiger partial charge on any atom is 0.234 e. The minimum atomic E-state index is 0.00454. The summed E-state index contributed by atoms with van der Waals surface area (Å²) in [5.74, 6) is 0.0883. The van der Waals surface area contributed by atoms with Gasteiger partial charge in [0.05, 0.1) is 12.6 Å². The van der Waals surface area contributed by atoms with Crippen molar-refractivity contribution in [2.24, 2.45) is 5.73 Å². The number of benzene rings is 1. The molecule has 0 aromatic heterocycles. The fourth-order valence-electron chi connectivity index (χ4n) is 2.54. The van der Waals surface area contributed by atoms with Gasteiger partial charge < -0.3 is 11.1 Å². The molecule has 21 heavy (non-hydrogen) atoms. The number of hydrogen-bond acceptors (Lipinski definition) is 3. The monoisotopic (exact) mass is 353 g/mol. The van der Waals surface area contributed by atoms with Crippen LogP contribution in [0.15, 0.2) is 28.7 Å². The second kappa shape index (κ2) is 7.38. The zero-order valence-electron chi connectivity index (χ0n) is 12.7. The van der Waals surface area contributed by atoms with Gasteiger partial charge in [0.1, 0.15) is 0 Å². The van der Waals surface area contributed by atoms with Crippen molar-refractivity contribution in [2.75, 3.05) is 13.6 Å². The number of carbonyl (C=O) groups is 1. The minimum absolute atomic E-state index is 0.00454. The van der Waals surface area contributed by atoms with E-state index in [0.717, 1.165) is 29.3 Å². The van der Waals surface area contributed by atoms with Crippen molar-refractivity contribution in [2.45, 2.75) is 44.3 Å². The molecule has 1 aliphatic rings. The lowest BCUT2D eigenvalue weighted by Gasteiger charge is -2.32. The molecule has 0 bridgehead atoms. The van der Waals surface area contributed by atoms with Gasteiger partial charge >= 0.3 is 0 Å². The molecule has 116 valence electrons. The smallest absolute Gasteiger partial charge is 0.234 e. The lowest BCUT2D eigenvalue weighted by Crippen LogP contribution is -2.44. The molecule has 0 aliphatic heterocycles. The average Bonchev–Trinajstić information content (AvgIpc) is 3.24. The van der Waals surface area contributed by atoms with E-state index in [1.54, 1.807) is 0 Å². The standard InChI is InChI=1S/C16H24BrN3O/c1-3-14(18)16(11-4-6-12(17)7-5-11)20(2)10-15(21)19-13-8-9-13/h4-7,13-14,16H,3,8-10,18H2,1-2H3,(H,19,21). The molecule has 0 spiro atoms. The third-order valence-electron chi connectivity index (χ3n) is 3.90. The van der Waals surface area contributed by atoms with E-state index in [-0.39, 0.29) is 18.0 Å². The molecule has 0 heterocycles. The maximum absolute atomic E-state index is 12.0. The van der Waals surface area contributed by atoms with Crippen molar-refractivity contribution < 1.29 is 4.79 Å². The van der Waals surface area contributed by atoms with Crippen LogP contribution in [-0.2, 0) is 4.79 Å². The van der Waals surface area contributed by atoms with E-state index in [4.69, 9.17) is 5.73 Å². The predicted octanol–water partition coefficient (Wildman–Crippen LogP) is 2.44. The van der Waals surface area contributed by atoms with Crippen LogP contribution in [0.1, 0.15) is 37.8 Å². The molecule has 3 N–H and O–H groups in total. The molecule has 0 saturated heterocycles. The van der Waals surface area contributed by atoms with Crippen LogP contribution in [0.3, 0.4) is 0 Å². The van der Waals surface area contributed by atoms with Gasteiger partial charge in [0.2, 0.25) is 5.91 Å². The zero-order valence-corrected chi connectivity index (χ0v) is 14.3. The van der Waals surface area contributed by atoms with Gasteiger partial charge in [0.25, 0.3) is 0 Å². The van der Waals surface area contributed by atoms with E-state index in [1.165, 1.54) is 0 Å². The summed E-state index contributed by atoms with van der Waals surface area (Å²) >= 11 is 3.45. The fourth-order valence-corrected chi connectivity index (χ4v) is 2.80. The average molecular weight is 354 g/mol. The topological polar surface area (TPSA) is 58.4 Å². The summed E-state index contributed by atoms with van der Waals surface area (Å²) in [4.78, 5) is 14.1. The number of amides is 1. The van der Waals surface area contributed by atoms with E-state index in [1.807, 2.05) is 19.2 Å². The number of hydrogen-bond donors (Lipinski definition) is 2. The van der Waals surface area contributed by atoms with Crippen LogP contribution < -0.4 is 11.1 Å². The third-order valence-corrected chi connectivity index (χ3v) is 4.43. The van der Waals surface area contributed by atoms with E-state index in [0.29, 0.717) is 12.6 Å². The third kappa shape index (κ3) is 4.80. The molecule has 1 aromatic rings. The van der Waals surface area contributed by atoms with E-state index >= 15 is 0 Å². The predicted molar refractivity (Wildman–Crippen MR) is 88.9 cm³/mol. The molecule has 2 unspecified atom stereocenters. The Kier molecular flexibility index (Phi) is 5.79. The number of nitrogens with one attached hydrogen (secondary N) is 1. The number of nitrogens with two attached hydrogens (primary N) is 1. The molecule has 4 nitrogen and oxygen atoms in total. The van der Waals surface area contributed by atoms with Gasteiger partial charge in [0.15, 0.2) is 0 Å². The van der Waals surface area contributed by atoms with Crippen molar-refractivity contribution in [1.82, 2.24) is 10.2 Å². The largest absolute Gasteiger partial charge is 0.352 e. The normalized spacial score (nSPS) is 17.6. The molecule has 1 amide bonds. The van der Waals surface area contributed by atoms with Gasteiger partial charge in [-0.2, -0.15) is 0 Å². The van der Waals surface area contributed by atoms with Crippen LogP contribution in [0.25, 0.3) is 0 Å². The zero-order chi connectivity index (χ0) is 15.4. The van der Waals surface area contributed by atoms with Gasteiger partial charge in [-0.05, 0) is 44.0 Å². The SMILES string of the molecule is CCC(N)C(c1ccc(Br)cc1)N(C)CC(=O)NC1CC1. The van der Waals surface area contributed by atoms with Gasteiger partial charge in [-0.3, -0.25) is 9.69 Å². The number of carbonyl (C=O) groups excluding carboxylic acids is 1. The van der Waals surface area contributed by atoms with Crippen LogP contribution in [0.2, 0.25) is 0 Å². The Hall–Kier alpha value is -0.910. The van der Waals surface area contributed by atoms with Crippen molar-refractivity contribution in [3.8, 4) is 0 Å². The van der Waals surface area contributed by atoms with Crippen LogP contribution in [0.4, 0.5) is 0 Å². The van der Waals surface area contributed by atoms with Gasteiger partial charge in [-0.25, -0.2) is 0 Å². The lowest BCUT2D eigenvalue weighted by molar-refractivity contribution is -0.122. The van der Waals surface area contributed by atoms with Crippen LogP contribution >= 0.6 is 15.9 Å². The highest BCUT2D eigenvalue weighted by molar-refractivity contribution is 9.10. The highest BCUT2D eigenvalue weighted by Crippen LogP contribution is 2.25. The first kappa shape index (κ1) is 16.5.